The molecule has 2 aliphatic rings. The number of hydrogen-bond donors (Lipinski definition) is 1. The van der Waals surface area contributed by atoms with Crippen LogP contribution in [0.4, 0.5) is 0 Å². The Morgan fingerprint density at radius 2 is 1.82 bits per heavy atom. The van der Waals surface area contributed by atoms with Crippen LogP contribution in [0.25, 0.3) is 0 Å². The van der Waals surface area contributed by atoms with E-state index < -0.39 is 0 Å². The van der Waals surface area contributed by atoms with E-state index in [-0.39, 0.29) is 6.10 Å². The lowest BCUT2D eigenvalue weighted by Gasteiger charge is -2.39. The minimum atomic E-state index is -0.0918. The third-order valence-electron chi connectivity index (χ3n) is 5.03. The molecule has 3 atom stereocenters. The van der Waals surface area contributed by atoms with Crippen LogP contribution in [0.15, 0.2) is 0 Å². The number of piperidine rings is 1. The second-order valence-corrected chi connectivity index (χ2v) is 6.40. The lowest BCUT2D eigenvalue weighted by molar-refractivity contribution is 0.0410. The van der Waals surface area contributed by atoms with E-state index in [0.717, 1.165) is 24.8 Å². The quantitative estimate of drug-likeness (QED) is 0.815. The highest BCUT2D eigenvalue weighted by Crippen LogP contribution is 2.29. The van der Waals surface area contributed by atoms with Crippen LogP contribution < -0.4 is 0 Å². The molecular formula is C15H29NO. The van der Waals surface area contributed by atoms with Gasteiger partial charge in [-0.1, -0.05) is 32.6 Å². The third kappa shape index (κ3) is 3.69. The molecule has 17 heavy (non-hydrogen) atoms. The standard InChI is InChI=1S/C15H29NO/c1-12-6-5-9-16(13(12)2)11-15(17)10-14-7-3-4-8-14/h12-15,17H,3-11H2,1-2H3. The summed E-state index contributed by atoms with van der Waals surface area (Å²) < 4.78 is 0. The molecule has 0 spiro atoms. The van der Waals surface area contributed by atoms with Crippen LogP contribution in [-0.2, 0) is 0 Å². The van der Waals surface area contributed by atoms with Gasteiger partial charge in [-0.3, -0.25) is 4.90 Å². The second kappa shape index (κ2) is 6.19. The molecular weight excluding hydrogens is 210 g/mol. The van der Waals surface area contributed by atoms with Crippen molar-refractivity contribution in [2.75, 3.05) is 13.1 Å². The van der Waals surface area contributed by atoms with Crippen LogP contribution in [0.5, 0.6) is 0 Å². The molecule has 1 saturated heterocycles. The lowest BCUT2D eigenvalue weighted by atomic mass is 9.91. The zero-order valence-electron chi connectivity index (χ0n) is 11.6. The first-order valence-corrected chi connectivity index (χ1v) is 7.59. The molecule has 0 amide bonds. The minimum absolute atomic E-state index is 0.0918. The van der Waals surface area contributed by atoms with Crippen molar-refractivity contribution >= 4 is 0 Å². The van der Waals surface area contributed by atoms with Gasteiger partial charge < -0.3 is 5.11 Å². The summed E-state index contributed by atoms with van der Waals surface area (Å²) in [5, 5.41) is 10.2. The molecule has 2 heteroatoms. The van der Waals surface area contributed by atoms with Gasteiger partial charge in [0.2, 0.25) is 0 Å². The van der Waals surface area contributed by atoms with Gasteiger partial charge in [0, 0.05) is 12.6 Å². The van der Waals surface area contributed by atoms with Gasteiger partial charge in [-0.25, -0.2) is 0 Å². The Morgan fingerprint density at radius 1 is 1.12 bits per heavy atom. The highest BCUT2D eigenvalue weighted by atomic mass is 16.3. The van der Waals surface area contributed by atoms with Crippen molar-refractivity contribution in [1.29, 1.82) is 0 Å². The summed E-state index contributed by atoms with van der Waals surface area (Å²) in [5.74, 6) is 1.60. The molecule has 0 aromatic heterocycles. The van der Waals surface area contributed by atoms with Crippen LogP contribution in [0, 0.1) is 11.8 Å². The summed E-state index contributed by atoms with van der Waals surface area (Å²) in [6.07, 6.45) is 9.08. The average Bonchev–Trinajstić information content (AvgIpc) is 2.77. The van der Waals surface area contributed by atoms with Gasteiger partial charge in [0.05, 0.1) is 6.10 Å². The Morgan fingerprint density at radius 3 is 2.53 bits per heavy atom. The van der Waals surface area contributed by atoms with Crippen molar-refractivity contribution in [3.8, 4) is 0 Å². The van der Waals surface area contributed by atoms with Gasteiger partial charge in [-0.2, -0.15) is 0 Å². The van der Waals surface area contributed by atoms with Crippen LogP contribution in [0.1, 0.15) is 58.8 Å². The number of aliphatic hydroxyl groups excluding tert-OH is 1. The molecule has 2 nitrogen and oxygen atoms in total. The van der Waals surface area contributed by atoms with Crippen LogP contribution in [0.3, 0.4) is 0 Å². The predicted molar refractivity (Wildman–Crippen MR) is 72.0 cm³/mol. The molecule has 1 aliphatic carbocycles. The molecule has 0 bridgehead atoms. The molecule has 1 aliphatic heterocycles. The van der Waals surface area contributed by atoms with Crippen molar-refractivity contribution in [2.45, 2.75) is 70.9 Å². The predicted octanol–water partition coefficient (Wildman–Crippen LogP) is 3.05. The summed E-state index contributed by atoms with van der Waals surface area (Å²) >= 11 is 0. The fourth-order valence-corrected chi connectivity index (χ4v) is 3.65. The number of aliphatic hydroxyl groups is 1. The number of hydrogen-bond acceptors (Lipinski definition) is 2. The van der Waals surface area contributed by atoms with Crippen LogP contribution >= 0.6 is 0 Å². The number of likely N-dealkylation sites (tertiary alicyclic amines) is 1. The Hall–Kier alpha value is -0.0800. The van der Waals surface area contributed by atoms with Crippen molar-refractivity contribution in [3.63, 3.8) is 0 Å². The van der Waals surface area contributed by atoms with E-state index in [4.69, 9.17) is 0 Å². The smallest absolute Gasteiger partial charge is 0.0669 e. The Bertz CT molecular complexity index is 225. The van der Waals surface area contributed by atoms with E-state index in [9.17, 15) is 5.11 Å². The van der Waals surface area contributed by atoms with Gasteiger partial charge in [0.1, 0.15) is 0 Å². The molecule has 3 unspecified atom stereocenters. The molecule has 2 fully saturated rings. The zero-order chi connectivity index (χ0) is 12.3. The minimum Gasteiger partial charge on any atom is -0.392 e. The first-order valence-electron chi connectivity index (χ1n) is 7.59. The average molecular weight is 239 g/mol. The summed E-state index contributed by atoms with van der Waals surface area (Å²) in [6, 6.07) is 0.655. The highest BCUT2D eigenvalue weighted by molar-refractivity contribution is 4.81. The van der Waals surface area contributed by atoms with Gasteiger partial charge in [-0.15, -0.1) is 0 Å². The number of rotatable bonds is 4. The molecule has 1 N–H and O–H groups in total. The summed E-state index contributed by atoms with van der Waals surface area (Å²) in [6.45, 7) is 6.77. The Kier molecular flexibility index (Phi) is 4.87. The summed E-state index contributed by atoms with van der Waals surface area (Å²) in [4.78, 5) is 2.51. The van der Waals surface area contributed by atoms with Gasteiger partial charge >= 0.3 is 0 Å². The molecule has 1 heterocycles. The fourth-order valence-electron chi connectivity index (χ4n) is 3.65. The molecule has 0 aromatic rings. The van der Waals surface area contributed by atoms with E-state index in [0.29, 0.717) is 6.04 Å². The maximum absolute atomic E-state index is 10.2. The SMILES string of the molecule is CC1CCCN(CC(O)CC2CCCC2)C1C. The van der Waals surface area contributed by atoms with E-state index in [2.05, 4.69) is 18.7 Å². The third-order valence-corrected chi connectivity index (χ3v) is 5.03. The van der Waals surface area contributed by atoms with E-state index in [1.54, 1.807) is 0 Å². The summed E-state index contributed by atoms with van der Waals surface area (Å²) in [7, 11) is 0. The largest absolute Gasteiger partial charge is 0.392 e. The second-order valence-electron chi connectivity index (χ2n) is 6.40. The Balaban J connectivity index is 1.74. The topological polar surface area (TPSA) is 23.5 Å². The summed E-state index contributed by atoms with van der Waals surface area (Å²) in [5.41, 5.74) is 0. The molecule has 100 valence electrons. The van der Waals surface area contributed by atoms with Gasteiger partial charge in [0.25, 0.3) is 0 Å². The molecule has 1 saturated carbocycles. The van der Waals surface area contributed by atoms with Gasteiger partial charge in [-0.05, 0) is 44.6 Å². The van der Waals surface area contributed by atoms with Crippen LogP contribution in [0.2, 0.25) is 0 Å². The highest BCUT2D eigenvalue weighted by Gasteiger charge is 2.27. The molecule has 0 aromatic carbocycles. The first kappa shape index (κ1) is 13.4. The van der Waals surface area contributed by atoms with E-state index in [1.807, 2.05) is 0 Å². The van der Waals surface area contributed by atoms with E-state index in [1.165, 1.54) is 45.1 Å². The fraction of sp³-hybridized carbons (Fsp3) is 1.00. The molecule has 0 radical (unpaired) electrons. The first-order chi connectivity index (χ1) is 8.16. The monoisotopic (exact) mass is 239 g/mol. The Labute approximate surface area is 106 Å². The van der Waals surface area contributed by atoms with Crippen LogP contribution in [-0.4, -0.2) is 35.2 Å². The number of β-amino-alcohol motifs (C(OH)–C–C–N with tert-alkyl or cyclic N) is 1. The molecule has 2 rings (SSSR count). The van der Waals surface area contributed by atoms with E-state index >= 15 is 0 Å². The zero-order valence-corrected chi connectivity index (χ0v) is 11.6. The maximum atomic E-state index is 10.2. The van der Waals surface area contributed by atoms with Crippen molar-refractivity contribution in [3.05, 3.63) is 0 Å². The number of nitrogens with zero attached hydrogens (tertiary/aromatic N) is 1. The van der Waals surface area contributed by atoms with Crippen molar-refractivity contribution in [1.82, 2.24) is 4.90 Å². The lowest BCUT2D eigenvalue weighted by Crippen LogP contribution is -2.46. The van der Waals surface area contributed by atoms with Gasteiger partial charge in [0.15, 0.2) is 0 Å². The normalized spacial score (nSPS) is 34.1. The maximum Gasteiger partial charge on any atom is 0.0669 e. The van der Waals surface area contributed by atoms with Crippen molar-refractivity contribution in [2.24, 2.45) is 11.8 Å². The van der Waals surface area contributed by atoms with Crippen molar-refractivity contribution < 1.29 is 5.11 Å².